The highest BCUT2D eigenvalue weighted by molar-refractivity contribution is 5.02. The van der Waals surface area contributed by atoms with Gasteiger partial charge in [0.1, 0.15) is 5.82 Å². The molecule has 2 aliphatic rings. The SMILES string of the molecule is Cn1ccnc1C1CNCCN1CC1CCCCCC1. The van der Waals surface area contributed by atoms with Gasteiger partial charge in [-0.25, -0.2) is 4.98 Å². The summed E-state index contributed by atoms with van der Waals surface area (Å²) in [5, 5.41) is 3.53. The smallest absolute Gasteiger partial charge is 0.127 e. The first-order chi connectivity index (χ1) is 9.84. The number of hydrogen-bond donors (Lipinski definition) is 1. The van der Waals surface area contributed by atoms with Gasteiger partial charge < -0.3 is 9.88 Å². The van der Waals surface area contributed by atoms with Gasteiger partial charge in [-0.3, -0.25) is 4.90 Å². The van der Waals surface area contributed by atoms with Crippen molar-refractivity contribution in [2.45, 2.75) is 44.6 Å². The Morgan fingerprint density at radius 3 is 2.75 bits per heavy atom. The van der Waals surface area contributed by atoms with Gasteiger partial charge >= 0.3 is 0 Å². The van der Waals surface area contributed by atoms with Crippen LogP contribution < -0.4 is 5.32 Å². The van der Waals surface area contributed by atoms with Crippen molar-refractivity contribution in [3.05, 3.63) is 18.2 Å². The summed E-state index contributed by atoms with van der Waals surface area (Å²) in [6, 6.07) is 0.451. The van der Waals surface area contributed by atoms with Crippen LogP contribution in [0.15, 0.2) is 12.4 Å². The van der Waals surface area contributed by atoms with Gasteiger partial charge in [0.05, 0.1) is 6.04 Å². The minimum atomic E-state index is 0.451. The zero-order chi connectivity index (χ0) is 13.8. The highest BCUT2D eigenvalue weighted by Crippen LogP contribution is 2.27. The molecule has 0 spiro atoms. The number of nitrogens with zero attached hydrogens (tertiary/aromatic N) is 3. The Morgan fingerprint density at radius 2 is 2.05 bits per heavy atom. The van der Waals surface area contributed by atoms with Crippen molar-refractivity contribution < 1.29 is 0 Å². The van der Waals surface area contributed by atoms with Crippen molar-refractivity contribution >= 4 is 0 Å². The van der Waals surface area contributed by atoms with Crippen molar-refractivity contribution in [3.63, 3.8) is 0 Å². The summed E-state index contributed by atoms with van der Waals surface area (Å²) in [5.74, 6) is 2.11. The molecule has 4 nitrogen and oxygen atoms in total. The van der Waals surface area contributed by atoms with Gasteiger partial charge in [-0.1, -0.05) is 25.7 Å². The van der Waals surface area contributed by atoms with E-state index in [9.17, 15) is 0 Å². The molecule has 1 aliphatic heterocycles. The number of rotatable bonds is 3. The molecule has 1 saturated carbocycles. The second kappa shape index (κ2) is 6.72. The van der Waals surface area contributed by atoms with Crippen LogP contribution in [0.25, 0.3) is 0 Å². The Bertz CT molecular complexity index is 406. The van der Waals surface area contributed by atoms with E-state index in [-0.39, 0.29) is 0 Å². The Hall–Kier alpha value is -0.870. The fourth-order valence-corrected chi connectivity index (χ4v) is 3.80. The molecule has 1 aromatic rings. The molecule has 1 unspecified atom stereocenters. The summed E-state index contributed by atoms with van der Waals surface area (Å²) >= 11 is 0. The van der Waals surface area contributed by atoms with E-state index in [1.807, 2.05) is 6.20 Å². The molecule has 20 heavy (non-hydrogen) atoms. The lowest BCUT2D eigenvalue weighted by atomic mass is 9.98. The first-order valence-electron chi connectivity index (χ1n) is 8.26. The third kappa shape index (κ3) is 3.23. The van der Waals surface area contributed by atoms with E-state index in [2.05, 4.69) is 33.0 Å². The van der Waals surface area contributed by atoms with E-state index in [0.717, 1.165) is 25.6 Å². The van der Waals surface area contributed by atoms with Gasteiger partial charge in [-0.15, -0.1) is 0 Å². The standard InChI is InChI=1S/C16H28N4/c1-19-10-9-18-16(19)15-12-17-8-11-20(15)13-14-6-4-2-3-5-7-14/h9-10,14-15,17H,2-8,11-13H2,1H3. The van der Waals surface area contributed by atoms with Crippen LogP contribution in [-0.4, -0.2) is 40.6 Å². The molecule has 0 aromatic carbocycles. The molecule has 2 fully saturated rings. The molecule has 1 aromatic heterocycles. The van der Waals surface area contributed by atoms with E-state index in [1.165, 1.54) is 50.9 Å². The van der Waals surface area contributed by atoms with E-state index >= 15 is 0 Å². The van der Waals surface area contributed by atoms with Crippen LogP contribution in [0.5, 0.6) is 0 Å². The molecule has 1 atom stereocenters. The molecule has 1 N–H and O–H groups in total. The maximum Gasteiger partial charge on any atom is 0.127 e. The Kier molecular flexibility index (Phi) is 4.73. The second-order valence-electron chi connectivity index (χ2n) is 6.47. The predicted molar refractivity (Wildman–Crippen MR) is 81.6 cm³/mol. The molecule has 0 bridgehead atoms. The van der Waals surface area contributed by atoms with Crippen molar-refractivity contribution in [3.8, 4) is 0 Å². The van der Waals surface area contributed by atoms with Crippen LogP contribution in [0.4, 0.5) is 0 Å². The Balaban J connectivity index is 1.67. The summed E-state index contributed by atoms with van der Waals surface area (Å²) in [7, 11) is 2.11. The molecule has 1 saturated heterocycles. The predicted octanol–water partition coefficient (Wildman–Crippen LogP) is 2.34. The lowest BCUT2D eigenvalue weighted by Crippen LogP contribution is -2.48. The normalized spacial score (nSPS) is 26.6. The largest absolute Gasteiger partial charge is 0.337 e. The van der Waals surface area contributed by atoms with Crippen LogP contribution >= 0.6 is 0 Å². The third-order valence-corrected chi connectivity index (χ3v) is 4.98. The quantitative estimate of drug-likeness (QED) is 0.860. The van der Waals surface area contributed by atoms with Crippen LogP contribution in [0.1, 0.15) is 50.4 Å². The van der Waals surface area contributed by atoms with Crippen molar-refractivity contribution in [1.82, 2.24) is 19.8 Å². The highest BCUT2D eigenvalue weighted by Gasteiger charge is 2.28. The molecule has 0 radical (unpaired) electrons. The lowest BCUT2D eigenvalue weighted by molar-refractivity contribution is 0.124. The van der Waals surface area contributed by atoms with Crippen LogP contribution in [0.2, 0.25) is 0 Å². The topological polar surface area (TPSA) is 33.1 Å². The number of aryl methyl sites for hydroxylation is 1. The maximum atomic E-state index is 4.58. The maximum absolute atomic E-state index is 4.58. The summed E-state index contributed by atoms with van der Waals surface area (Å²) in [5.41, 5.74) is 0. The number of piperazine rings is 1. The summed E-state index contributed by atoms with van der Waals surface area (Å²) in [6.07, 6.45) is 12.6. The van der Waals surface area contributed by atoms with Gasteiger partial charge in [0, 0.05) is 45.6 Å². The van der Waals surface area contributed by atoms with E-state index < -0.39 is 0 Å². The average molecular weight is 276 g/mol. The van der Waals surface area contributed by atoms with E-state index in [1.54, 1.807) is 0 Å². The monoisotopic (exact) mass is 276 g/mol. The average Bonchev–Trinajstić information content (AvgIpc) is 2.73. The second-order valence-corrected chi connectivity index (χ2v) is 6.47. The van der Waals surface area contributed by atoms with Gasteiger partial charge in [0.15, 0.2) is 0 Å². The summed E-state index contributed by atoms with van der Waals surface area (Å²) in [4.78, 5) is 7.26. The number of nitrogens with one attached hydrogen (secondary N) is 1. The molecular formula is C16H28N4. The van der Waals surface area contributed by atoms with Gasteiger partial charge in [-0.05, 0) is 18.8 Å². The van der Waals surface area contributed by atoms with E-state index in [4.69, 9.17) is 0 Å². The third-order valence-electron chi connectivity index (χ3n) is 4.98. The number of aromatic nitrogens is 2. The van der Waals surface area contributed by atoms with Crippen molar-refractivity contribution in [2.75, 3.05) is 26.2 Å². The van der Waals surface area contributed by atoms with Gasteiger partial charge in [0.25, 0.3) is 0 Å². The minimum absolute atomic E-state index is 0.451. The molecular weight excluding hydrogens is 248 g/mol. The van der Waals surface area contributed by atoms with Gasteiger partial charge in [-0.2, -0.15) is 0 Å². The van der Waals surface area contributed by atoms with Crippen molar-refractivity contribution in [2.24, 2.45) is 13.0 Å². The fraction of sp³-hybridized carbons (Fsp3) is 0.812. The van der Waals surface area contributed by atoms with Gasteiger partial charge in [0.2, 0.25) is 0 Å². The molecule has 2 heterocycles. The summed E-state index contributed by atoms with van der Waals surface area (Å²) < 4.78 is 2.18. The van der Waals surface area contributed by atoms with E-state index in [0.29, 0.717) is 6.04 Å². The molecule has 0 amide bonds. The van der Waals surface area contributed by atoms with Crippen molar-refractivity contribution in [1.29, 1.82) is 0 Å². The zero-order valence-electron chi connectivity index (χ0n) is 12.7. The van der Waals surface area contributed by atoms with Crippen LogP contribution in [-0.2, 0) is 7.05 Å². The minimum Gasteiger partial charge on any atom is -0.337 e. The Labute approximate surface area is 122 Å². The number of hydrogen-bond acceptors (Lipinski definition) is 3. The zero-order valence-corrected chi connectivity index (χ0v) is 12.7. The molecule has 112 valence electrons. The fourth-order valence-electron chi connectivity index (χ4n) is 3.80. The summed E-state index contributed by atoms with van der Waals surface area (Å²) in [6.45, 7) is 4.58. The van der Waals surface area contributed by atoms with Crippen LogP contribution in [0, 0.1) is 5.92 Å². The lowest BCUT2D eigenvalue weighted by Gasteiger charge is -2.37. The molecule has 3 rings (SSSR count). The number of imidazole rings is 1. The molecule has 1 aliphatic carbocycles. The highest BCUT2D eigenvalue weighted by atomic mass is 15.3. The first kappa shape index (κ1) is 14.1. The molecule has 4 heteroatoms. The van der Waals surface area contributed by atoms with Crippen LogP contribution in [0.3, 0.4) is 0 Å². The Morgan fingerprint density at radius 1 is 1.25 bits per heavy atom. The first-order valence-corrected chi connectivity index (χ1v) is 8.26.